The smallest absolute Gasteiger partial charge is 0.153 e. The largest absolute Gasteiger partial charge is 0.298 e. The second kappa shape index (κ2) is 5.05. The molecule has 24 heavy (non-hydrogen) atoms. The fraction of sp³-hybridized carbons (Fsp3) is 0.286. The van der Waals surface area contributed by atoms with E-state index < -0.39 is 0 Å². The van der Waals surface area contributed by atoms with Crippen LogP contribution < -0.4 is 0 Å². The summed E-state index contributed by atoms with van der Waals surface area (Å²) in [5.41, 5.74) is 2.56. The lowest BCUT2D eigenvalue weighted by Gasteiger charge is -2.22. The summed E-state index contributed by atoms with van der Waals surface area (Å²) < 4.78 is 0. The Hall–Kier alpha value is -2.91. The first kappa shape index (κ1) is 14.7. The number of nitrogens with zero attached hydrogens (tertiary/aromatic N) is 2. The lowest BCUT2D eigenvalue weighted by molar-refractivity contribution is -0.124. The topological polar surface area (TPSA) is 64.7 Å². The van der Waals surface area contributed by atoms with Gasteiger partial charge in [0.15, 0.2) is 5.78 Å². The molecule has 0 N–H and O–H groups in total. The van der Waals surface area contributed by atoms with Gasteiger partial charge >= 0.3 is 0 Å². The van der Waals surface area contributed by atoms with Gasteiger partial charge in [0, 0.05) is 0 Å². The summed E-state index contributed by atoms with van der Waals surface area (Å²) in [5.74, 6) is 0.310. The van der Waals surface area contributed by atoms with Gasteiger partial charge in [0.1, 0.15) is 0 Å². The molecule has 3 nitrogen and oxygen atoms in total. The molecule has 0 bridgehead atoms. The minimum Gasteiger partial charge on any atom is -0.298 e. The molecule has 0 aromatic heterocycles. The van der Waals surface area contributed by atoms with Gasteiger partial charge in [-0.1, -0.05) is 24.3 Å². The SMILES string of the molecule is N#Cc1ccc(C2(C(=O)C3(c4ccc(C#N)cc4)CC3)CC2)cc1. The van der Waals surface area contributed by atoms with Crippen LogP contribution in [0.25, 0.3) is 0 Å². The molecule has 0 atom stereocenters. The zero-order chi connectivity index (χ0) is 16.8. The van der Waals surface area contributed by atoms with Gasteiger partial charge in [-0.25, -0.2) is 0 Å². The molecule has 3 heteroatoms. The van der Waals surface area contributed by atoms with Gasteiger partial charge in [0.05, 0.1) is 34.1 Å². The summed E-state index contributed by atoms with van der Waals surface area (Å²) in [5, 5.41) is 17.9. The minimum absolute atomic E-state index is 0.310. The van der Waals surface area contributed by atoms with Crippen LogP contribution in [0.1, 0.15) is 47.9 Å². The fourth-order valence-electron chi connectivity index (χ4n) is 3.73. The van der Waals surface area contributed by atoms with E-state index in [-0.39, 0.29) is 10.8 Å². The van der Waals surface area contributed by atoms with E-state index in [1.54, 1.807) is 24.3 Å². The maximum Gasteiger partial charge on any atom is 0.153 e. The van der Waals surface area contributed by atoms with Crippen LogP contribution in [0.2, 0.25) is 0 Å². The zero-order valence-corrected chi connectivity index (χ0v) is 13.2. The summed E-state index contributed by atoms with van der Waals surface area (Å²) in [6.07, 6.45) is 3.54. The van der Waals surface area contributed by atoms with Crippen LogP contribution in [-0.4, -0.2) is 5.78 Å². The molecule has 2 aliphatic rings. The number of ketones is 1. The van der Waals surface area contributed by atoms with Crippen molar-refractivity contribution < 1.29 is 4.79 Å². The van der Waals surface area contributed by atoms with Crippen LogP contribution in [0.15, 0.2) is 48.5 Å². The van der Waals surface area contributed by atoms with E-state index in [1.807, 2.05) is 24.3 Å². The fourth-order valence-corrected chi connectivity index (χ4v) is 3.73. The Morgan fingerprint density at radius 1 is 0.708 bits per heavy atom. The molecule has 0 heterocycles. The summed E-state index contributed by atoms with van der Waals surface area (Å²) in [6.45, 7) is 0. The number of carbonyl (C=O) groups is 1. The number of Topliss-reactive ketones (excluding diaryl/α,β-unsaturated/α-hetero) is 1. The molecular weight excluding hydrogens is 296 g/mol. The third-order valence-corrected chi connectivity index (χ3v) is 5.50. The van der Waals surface area contributed by atoms with Crippen molar-refractivity contribution in [1.29, 1.82) is 10.5 Å². The van der Waals surface area contributed by atoms with Gasteiger partial charge in [-0.15, -0.1) is 0 Å². The maximum atomic E-state index is 13.4. The number of carbonyl (C=O) groups excluding carboxylic acids is 1. The molecular formula is C21H16N2O. The van der Waals surface area contributed by atoms with Crippen LogP contribution in [0.5, 0.6) is 0 Å². The second-order valence-corrected chi connectivity index (χ2v) is 6.87. The lowest BCUT2D eigenvalue weighted by atomic mass is 9.78. The van der Waals surface area contributed by atoms with E-state index >= 15 is 0 Å². The van der Waals surface area contributed by atoms with Crippen LogP contribution in [0.4, 0.5) is 0 Å². The highest BCUT2D eigenvalue weighted by Crippen LogP contribution is 2.60. The number of benzene rings is 2. The predicted octanol–water partition coefficient (Wildman–Crippen LogP) is 3.76. The van der Waals surface area contributed by atoms with Crippen LogP contribution >= 0.6 is 0 Å². The molecule has 2 aliphatic carbocycles. The highest BCUT2D eigenvalue weighted by atomic mass is 16.1. The average Bonchev–Trinajstić information content (AvgIpc) is 3.56. The molecule has 0 spiro atoms. The Labute approximate surface area is 141 Å². The van der Waals surface area contributed by atoms with Crippen molar-refractivity contribution in [3.8, 4) is 12.1 Å². The summed E-state index contributed by atoms with van der Waals surface area (Å²) in [7, 11) is 0. The van der Waals surface area contributed by atoms with E-state index in [0.29, 0.717) is 16.9 Å². The third kappa shape index (κ3) is 2.06. The first-order chi connectivity index (χ1) is 11.6. The summed E-state index contributed by atoms with van der Waals surface area (Å²) >= 11 is 0. The molecule has 0 aliphatic heterocycles. The number of nitriles is 2. The molecule has 2 saturated carbocycles. The zero-order valence-electron chi connectivity index (χ0n) is 13.2. The normalized spacial score (nSPS) is 18.9. The van der Waals surface area contributed by atoms with Crippen LogP contribution in [0, 0.1) is 22.7 Å². The highest BCUT2D eigenvalue weighted by molar-refractivity contribution is 6.03. The number of hydrogen-bond acceptors (Lipinski definition) is 3. The average molecular weight is 312 g/mol. The van der Waals surface area contributed by atoms with Crippen molar-refractivity contribution in [2.75, 3.05) is 0 Å². The van der Waals surface area contributed by atoms with Gasteiger partial charge in [0.25, 0.3) is 0 Å². The van der Waals surface area contributed by atoms with Crippen molar-refractivity contribution in [2.24, 2.45) is 0 Å². The molecule has 2 fully saturated rings. The molecule has 0 radical (unpaired) electrons. The van der Waals surface area contributed by atoms with Gasteiger partial charge in [-0.3, -0.25) is 4.79 Å². The first-order valence-corrected chi connectivity index (χ1v) is 8.21. The van der Waals surface area contributed by atoms with Crippen LogP contribution in [-0.2, 0) is 15.6 Å². The van der Waals surface area contributed by atoms with E-state index in [1.165, 1.54) is 0 Å². The van der Waals surface area contributed by atoms with Crippen molar-refractivity contribution in [1.82, 2.24) is 0 Å². The summed E-state index contributed by atoms with van der Waals surface area (Å²) in [6, 6.07) is 19.1. The number of hydrogen-bond donors (Lipinski definition) is 0. The van der Waals surface area contributed by atoms with Crippen molar-refractivity contribution in [2.45, 2.75) is 36.5 Å². The Morgan fingerprint density at radius 3 is 1.29 bits per heavy atom. The van der Waals surface area contributed by atoms with Gasteiger partial charge in [-0.05, 0) is 61.1 Å². The molecule has 2 aromatic carbocycles. The standard InChI is InChI=1S/C21H16N2O/c22-13-15-1-5-17(6-2-15)20(9-10-20)19(24)21(11-12-21)18-7-3-16(14-23)4-8-18/h1-8H,9-12H2. The van der Waals surface area contributed by atoms with Crippen molar-refractivity contribution in [3.05, 3.63) is 70.8 Å². The molecule has 116 valence electrons. The first-order valence-electron chi connectivity index (χ1n) is 8.21. The Kier molecular flexibility index (Phi) is 3.08. The van der Waals surface area contributed by atoms with Crippen molar-refractivity contribution >= 4 is 5.78 Å². The van der Waals surface area contributed by atoms with Gasteiger partial charge in [-0.2, -0.15) is 10.5 Å². The van der Waals surface area contributed by atoms with E-state index in [9.17, 15) is 4.79 Å². The van der Waals surface area contributed by atoms with E-state index in [4.69, 9.17) is 10.5 Å². The minimum atomic E-state index is -0.377. The maximum absolute atomic E-state index is 13.4. The quantitative estimate of drug-likeness (QED) is 0.863. The van der Waals surface area contributed by atoms with E-state index in [0.717, 1.165) is 36.8 Å². The molecule has 2 aromatic rings. The Bertz CT molecular complexity index is 811. The van der Waals surface area contributed by atoms with Crippen molar-refractivity contribution in [3.63, 3.8) is 0 Å². The Balaban J connectivity index is 1.67. The van der Waals surface area contributed by atoms with Crippen LogP contribution in [0.3, 0.4) is 0 Å². The molecule has 0 unspecified atom stereocenters. The monoisotopic (exact) mass is 312 g/mol. The van der Waals surface area contributed by atoms with E-state index in [2.05, 4.69) is 12.1 Å². The second-order valence-electron chi connectivity index (χ2n) is 6.87. The lowest BCUT2D eigenvalue weighted by Crippen LogP contribution is -2.32. The van der Waals surface area contributed by atoms with Gasteiger partial charge in [0.2, 0.25) is 0 Å². The summed E-state index contributed by atoms with van der Waals surface area (Å²) in [4.78, 5) is 13.4. The highest BCUT2D eigenvalue weighted by Gasteiger charge is 2.63. The molecule has 4 rings (SSSR count). The molecule has 0 amide bonds. The van der Waals surface area contributed by atoms with Gasteiger partial charge < -0.3 is 0 Å². The number of rotatable bonds is 4. The third-order valence-electron chi connectivity index (χ3n) is 5.50. The predicted molar refractivity (Wildman–Crippen MR) is 89.1 cm³/mol. The molecule has 0 saturated heterocycles. The Morgan fingerprint density at radius 2 is 1.04 bits per heavy atom.